The van der Waals surface area contributed by atoms with Crippen molar-refractivity contribution in [1.29, 1.82) is 0 Å². The lowest BCUT2D eigenvalue weighted by atomic mass is 10.1. The minimum absolute atomic E-state index is 0.245. The Hall–Kier alpha value is -2.43. The zero-order chi connectivity index (χ0) is 13.4. The molecular weight excluding hydrogens is 243 g/mol. The highest BCUT2D eigenvalue weighted by Gasteiger charge is 2.12. The van der Waals surface area contributed by atoms with Crippen LogP contribution in [0.5, 0.6) is 0 Å². The lowest BCUT2D eigenvalue weighted by molar-refractivity contribution is 0.627. The number of nitrogens with two attached hydrogens (primary N) is 1. The van der Waals surface area contributed by atoms with Crippen molar-refractivity contribution in [2.75, 3.05) is 5.73 Å². The Morgan fingerprint density at radius 3 is 2.74 bits per heavy atom. The number of anilines is 1. The van der Waals surface area contributed by atoms with Gasteiger partial charge in [0.05, 0.1) is 0 Å². The highest BCUT2D eigenvalue weighted by Crippen LogP contribution is 2.20. The van der Waals surface area contributed by atoms with Crippen LogP contribution < -0.4 is 5.73 Å². The number of rotatable bonds is 2. The molecule has 0 spiro atoms. The van der Waals surface area contributed by atoms with E-state index in [-0.39, 0.29) is 5.82 Å². The molecule has 4 nitrogen and oxygen atoms in total. The predicted octanol–water partition coefficient (Wildman–Crippen LogP) is 2.35. The van der Waals surface area contributed by atoms with Crippen molar-refractivity contribution in [1.82, 2.24) is 14.6 Å². The minimum atomic E-state index is -0.245. The van der Waals surface area contributed by atoms with Gasteiger partial charge in [-0.15, -0.1) is 5.10 Å². The van der Waals surface area contributed by atoms with Gasteiger partial charge in [0.15, 0.2) is 11.5 Å². The summed E-state index contributed by atoms with van der Waals surface area (Å²) in [6.07, 6.45) is 4.25. The molecule has 96 valence electrons. The van der Waals surface area contributed by atoms with Gasteiger partial charge in [0.1, 0.15) is 5.82 Å². The zero-order valence-electron chi connectivity index (χ0n) is 10.5. The first-order valence-electron chi connectivity index (χ1n) is 5.97. The normalized spacial score (nSPS) is 11.1. The lowest BCUT2D eigenvalue weighted by Crippen LogP contribution is -1.95. The van der Waals surface area contributed by atoms with E-state index in [4.69, 9.17) is 5.73 Å². The topological polar surface area (TPSA) is 56.2 Å². The quantitative estimate of drug-likeness (QED) is 0.765. The molecule has 0 saturated carbocycles. The maximum atomic E-state index is 12.9. The van der Waals surface area contributed by atoms with Crippen molar-refractivity contribution in [3.8, 4) is 0 Å². The largest absolute Gasteiger partial charge is 0.382 e. The third-order valence-corrected chi connectivity index (χ3v) is 3.02. The van der Waals surface area contributed by atoms with E-state index in [0.717, 1.165) is 22.3 Å². The van der Waals surface area contributed by atoms with Crippen LogP contribution in [0.3, 0.4) is 0 Å². The molecule has 2 heterocycles. The molecule has 0 saturated heterocycles. The average Bonchev–Trinajstić information content (AvgIpc) is 2.68. The highest BCUT2D eigenvalue weighted by atomic mass is 19.1. The Morgan fingerprint density at radius 2 is 2.00 bits per heavy atom. The monoisotopic (exact) mass is 256 g/mol. The second-order valence-corrected chi connectivity index (χ2v) is 4.57. The molecular formula is C14H13FN4. The Labute approximate surface area is 109 Å². The summed E-state index contributed by atoms with van der Waals surface area (Å²) in [5.74, 6) is 0.216. The third-order valence-electron chi connectivity index (χ3n) is 3.02. The first-order valence-corrected chi connectivity index (χ1v) is 5.97. The van der Waals surface area contributed by atoms with Gasteiger partial charge in [-0.05, 0) is 30.2 Å². The van der Waals surface area contributed by atoms with Gasteiger partial charge >= 0.3 is 0 Å². The molecule has 0 bridgehead atoms. The maximum Gasteiger partial charge on any atom is 0.160 e. The van der Waals surface area contributed by atoms with E-state index in [1.54, 1.807) is 22.8 Å². The van der Waals surface area contributed by atoms with Crippen molar-refractivity contribution in [3.05, 3.63) is 59.2 Å². The Kier molecular flexibility index (Phi) is 2.67. The number of hydrogen-bond donors (Lipinski definition) is 1. The standard InChI is InChI=1S/C14H13FN4/c1-9-7-17-14-12(13(16)18-19(14)8-9)6-10-2-4-11(15)5-3-10/h2-5,7-8H,6H2,1H3,(H2,16,18). The molecule has 0 unspecified atom stereocenters. The van der Waals surface area contributed by atoms with Gasteiger partial charge in [-0.25, -0.2) is 13.9 Å². The van der Waals surface area contributed by atoms with Crippen molar-refractivity contribution >= 4 is 11.5 Å². The molecule has 0 aliphatic heterocycles. The van der Waals surface area contributed by atoms with Crippen molar-refractivity contribution in [3.63, 3.8) is 0 Å². The molecule has 19 heavy (non-hydrogen) atoms. The average molecular weight is 256 g/mol. The first-order chi connectivity index (χ1) is 9.13. The molecule has 0 amide bonds. The van der Waals surface area contributed by atoms with E-state index >= 15 is 0 Å². The van der Waals surface area contributed by atoms with E-state index in [1.807, 2.05) is 13.1 Å². The van der Waals surface area contributed by atoms with E-state index in [0.29, 0.717) is 12.2 Å². The Morgan fingerprint density at radius 1 is 1.26 bits per heavy atom. The van der Waals surface area contributed by atoms with Crippen LogP contribution in [0.25, 0.3) is 5.65 Å². The molecule has 0 radical (unpaired) electrons. The smallest absolute Gasteiger partial charge is 0.160 e. The molecule has 3 aromatic rings. The molecule has 3 rings (SSSR count). The molecule has 0 atom stereocenters. The SMILES string of the molecule is Cc1cnc2c(Cc3ccc(F)cc3)c(N)nn2c1. The van der Waals surface area contributed by atoms with E-state index in [1.165, 1.54) is 12.1 Å². The van der Waals surface area contributed by atoms with Crippen LogP contribution in [0.4, 0.5) is 10.2 Å². The Balaban J connectivity index is 2.05. The molecule has 0 aliphatic rings. The summed E-state index contributed by atoms with van der Waals surface area (Å²) in [5, 5.41) is 4.25. The fraction of sp³-hybridized carbons (Fsp3) is 0.143. The van der Waals surface area contributed by atoms with Crippen molar-refractivity contribution in [2.24, 2.45) is 0 Å². The molecule has 2 aromatic heterocycles. The maximum absolute atomic E-state index is 12.9. The number of fused-ring (bicyclic) bond motifs is 1. The fourth-order valence-corrected chi connectivity index (χ4v) is 2.07. The summed E-state index contributed by atoms with van der Waals surface area (Å²) in [4.78, 5) is 4.36. The van der Waals surface area contributed by atoms with Gasteiger partial charge in [0.2, 0.25) is 0 Å². The van der Waals surface area contributed by atoms with Gasteiger partial charge in [0, 0.05) is 24.4 Å². The first kappa shape index (κ1) is 11.6. The molecule has 0 fully saturated rings. The minimum Gasteiger partial charge on any atom is -0.382 e. The van der Waals surface area contributed by atoms with Crippen molar-refractivity contribution < 1.29 is 4.39 Å². The van der Waals surface area contributed by atoms with Gasteiger partial charge in [-0.3, -0.25) is 0 Å². The summed E-state index contributed by atoms with van der Waals surface area (Å²) in [5.41, 5.74) is 9.54. The van der Waals surface area contributed by atoms with Crippen LogP contribution in [0, 0.1) is 12.7 Å². The van der Waals surface area contributed by atoms with Crippen LogP contribution in [0.1, 0.15) is 16.7 Å². The van der Waals surface area contributed by atoms with Crippen LogP contribution in [-0.4, -0.2) is 14.6 Å². The lowest BCUT2D eigenvalue weighted by Gasteiger charge is -2.01. The van der Waals surface area contributed by atoms with Crippen LogP contribution in [0.2, 0.25) is 0 Å². The molecule has 1 aromatic carbocycles. The number of aromatic nitrogens is 3. The second-order valence-electron chi connectivity index (χ2n) is 4.57. The van der Waals surface area contributed by atoms with Crippen LogP contribution in [-0.2, 0) is 6.42 Å². The molecule has 0 aliphatic carbocycles. The summed E-state index contributed by atoms with van der Waals surface area (Å²) in [6.45, 7) is 1.95. The van der Waals surface area contributed by atoms with Gasteiger partial charge in [0.25, 0.3) is 0 Å². The zero-order valence-corrected chi connectivity index (χ0v) is 10.5. The summed E-state index contributed by atoms with van der Waals surface area (Å²) in [7, 11) is 0. The Bertz CT molecular complexity index is 731. The molecule has 2 N–H and O–H groups in total. The molecule has 5 heteroatoms. The highest BCUT2D eigenvalue weighted by molar-refractivity contribution is 5.60. The number of halogens is 1. The number of hydrogen-bond acceptors (Lipinski definition) is 3. The second kappa shape index (κ2) is 4.35. The van der Waals surface area contributed by atoms with Crippen LogP contribution >= 0.6 is 0 Å². The number of benzene rings is 1. The third kappa shape index (κ3) is 2.14. The summed E-state index contributed by atoms with van der Waals surface area (Å²) in [6, 6.07) is 6.36. The number of aryl methyl sites for hydroxylation is 1. The summed E-state index contributed by atoms with van der Waals surface area (Å²) >= 11 is 0. The fourth-order valence-electron chi connectivity index (χ4n) is 2.07. The number of nitrogens with zero attached hydrogens (tertiary/aromatic N) is 3. The van der Waals surface area contributed by atoms with Crippen LogP contribution in [0.15, 0.2) is 36.7 Å². The van der Waals surface area contributed by atoms with Gasteiger partial charge in [-0.1, -0.05) is 12.1 Å². The van der Waals surface area contributed by atoms with Gasteiger partial charge < -0.3 is 5.73 Å². The van der Waals surface area contributed by atoms with Crippen molar-refractivity contribution in [2.45, 2.75) is 13.3 Å². The van der Waals surface area contributed by atoms with E-state index in [9.17, 15) is 4.39 Å². The predicted molar refractivity (Wildman–Crippen MR) is 71.3 cm³/mol. The summed E-state index contributed by atoms with van der Waals surface area (Å²) < 4.78 is 14.6. The number of nitrogen functional groups attached to an aromatic ring is 1. The van der Waals surface area contributed by atoms with E-state index in [2.05, 4.69) is 10.1 Å². The van der Waals surface area contributed by atoms with E-state index < -0.39 is 0 Å². The van der Waals surface area contributed by atoms with Gasteiger partial charge in [-0.2, -0.15) is 0 Å².